The molecule has 108 valence electrons. The third-order valence-electron chi connectivity index (χ3n) is 4.56. The average Bonchev–Trinajstić information content (AvgIpc) is 2.43. The lowest BCUT2D eigenvalue weighted by molar-refractivity contribution is 0.0367. The Balaban J connectivity index is 2.71. The van der Waals surface area contributed by atoms with Crippen LogP contribution in [0.5, 0.6) is 0 Å². The van der Waals surface area contributed by atoms with Gasteiger partial charge in [-0.3, -0.25) is 4.90 Å². The minimum atomic E-state index is 0.684. The molecule has 2 N–H and O–H groups in total. The highest BCUT2D eigenvalue weighted by Crippen LogP contribution is 2.30. The van der Waals surface area contributed by atoms with Gasteiger partial charge < -0.3 is 10.5 Å². The lowest BCUT2D eigenvalue weighted by atomic mass is 9.82. The number of hydrogen-bond acceptors (Lipinski definition) is 3. The molecule has 0 radical (unpaired) electrons. The molecule has 0 aromatic rings. The van der Waals surface area contributed by atoms with Gasteiger partial charge in [0.25, 0.3) is 0 Å². The van der Waals surface area contributed by atoms with Gasteiger partial charge in [-0.15, -0.1) is 0 Å². The first-order valence-electron chi connectivity index (χ1n) is 7.73. The summed E-state index contributed by atoms with van der Waals surface area (Å²) in [5, 5.41) is 0. The lowest BCUT2D eigenvalue weighted by Crippen LogP contribution is -2.50. The Labute approximate surface area is 113 Å². The van der Waals surface area contributed by atoms with E-state index in [4.69, 9.17) is 10.5 Å². The summed E-state index contributed by atoms with van der Waals surface area (Å²) in [6, 6.07) is 1.38. The molecule has 0 spiro atoms. The normalized spacial score (nSPS) is 25.0. The van der Waals surface area contributed by atoms with E-state index in [2.05, 4.69) is 18.7 Å². The third-order valence-corrected chi connectivity index (χ3v) is 4.56. The maximum atomic E-state index is 5.99. The van der Waals surface area contributed by atoms with Crippen molar-refractivity contribution in [3.05, 3.63) is 0 Å². The van der Waals surface area contributed by atoms with Crippen molar-refractivity contribution >= 4 is 0 Å². The summed E-state index contributed by atoms with van der Waals surface area (Å²) in [4.78, 5) is 2.69. The second kappa shape index (κ2) is 8.89. The molecule has 0 aromatic heterocycles. The molecule has 0 amide bonds. The van der Waals surface area contributed by atoms with Crippen LogP contribution < -0.4 is 5.73 Å². The van der Waals surface area contributed by atoms with Gasteiger partial charge in [0.15, 0.2) is 0 Å². The number of ether oxygens (including phenoxy) is 1. The Morgan fingerprint density at radius 3 is 2.44 bits per heavy atom. The Bertz CT molecular complexity index is 207. The van der Waals surface area contributed by atoms with Gasteiger partial charge in [-0.25, -0.2) is 0 Å². The molecule has 0 saturated heterocycles. The molecular weight excluding hydrogens is 224 g/mol. The number of hydrogen-bond donors (Lipinski definition) is 1. The summed E-state index contributed by atoms with van der Waals surface area (Å²) in [5.74, 6) is 0.691. The fourth-order valence-electron chi connectivity index (χ4n) is 3.47. The van der Waals surface area contributed by atoms with E-state index in [0.717, 1.165) is 19.7 Å². The third kappa shape index (κ3) is 4.22. The van der Waals surface area contributed by atoms with E-state index in [1.807, 2.05) is 0 Å². The monoisotopic (exact) mass is 256 g/mol. The van der Waals surface area contributed by atoms with Crippen molar-refractivity contribution in [2.75, 3.05) is 26.8 Å². The predicted octanol–water partition coefficient (Wildman–Crippen LogP) is 2.64. The number of nitrogens with two attached hydrogens (primary N) is 1. The summed E-state index contributed by atoms with van der Waals surface area (Å²) < 4.78 is 5.30. The summed E-state index contributed by atoms with van der Waals surface area (Å²) in [6.45, 7) is 7.34. The molecule has 1 fully saturated rings. The summed E-state index contributed by atoms with van der Waals surface area (Å²) in [6.07, 6.45) is 7.82. The minimum absolute atomic E-state index is 0.684. The second-order valence-electron chi connectivity index (χ2n) is 5.55. The molecule has 0 aliphatic heterocycles. The van der Waals surface area contributed by atoms with E-state index in [9.17, 15) is 0 Å². The fraction of sp³-hybridized carbons (Fsp3) is 1.00. The second-order valence-corrected chi connectivity index (χ2v) is 5.55. The highest BCUT2D eigenvalue weighted by molar-refractivity contribution is 4.87. The molecule has 0 aromatic carbocycles. The molecule has 3 heteroatoms. The topological polar surface area (TPSA) is 38.5 Å². The molecule has 3 nitrogen and oxygen atoms in total. The van der Waals surface area contributed by atoms with Crippen molar-refractivity contribution in [3.8, 4) is 0 Å². The molecule has 2 atom stereocenters. The first kappa shape index (κ1) is 15.9. The van der Waals surface area contributed by atoms with Gasteiger partial charge in [0, 0.05) is 25.7 Å². The fourth-order valence-corrected chi connectivity index (χ4v) is 3.47. The van der Waals surface area contributed by atoms with Crippen molar-refractivity contribution in [2.24, 2.45) is 11.7 Å². The maximum absolute atomic E-state index is 5.99. The van der Waals surface area contributed by atoms with E-state index >= 15 is 0 Å². The first-order chi connectivity index (χ1) is 8.78. The Hall–Kier alpha value is -0.120. The average molecular weight is 256 g/mol. The molecule has 2 unspecified atom stereocenters. The van der Waals surface area contributed by atoms with Crippen molar-refractivity contribution in [1.29, 1.82) is 0 Å². The molecule has 0 bridgehead atoms. The zero-order valence-corrected chi connectivity index (χ0v) is 12.5. The maximum Gasteiger partial charge on any atom is 0.0589 e. The van der Waals surface area contributed by atoms with Crippen LogP contribution in [0.3, 0.4) is 0 Å². The molecule has 1 aliphatic rings. The SMILES string of the molecule is CCC(CC)N(CCOC)C1CCCCC1CN. The van der Waals surface area contributed by atoms with E-state index in [1.165, 1.54) is 38.5 Å². The van der Waals surface area contributed by atoms with Crippen LogP contribution >= 0.6 is 0 Å². The first-order valence-corrected chi connectivity index (χ1v) is 7.73. The van der Waals surface area contributed by atoms with Crippen molar-refractivity contribution in [1.82, 2.24) is 4.90 Å². The van der Waals surface area contributed by atoms with Gasteiger partial charge in [0.1, 0.15) is 0 Å². The van der Waals surface area contributed by atoms with E-state index < -0.39 is 0 Å². The van der Waals surface area contributed by atoms with Crippen LogP contribution in [0.25, 0.3) is 0 Å². The van der Waals surface area contributed by atoms with Gasteiger partial charge in [-0.05, 0) is 38.1 Å². The Kier molecular flexibility index (Phi) is 7.87. The van der Waals surface area contributed by atoms with E-state index in [1.54, 1.807) is 7.11 Å². The van der Waals surface area contributed by atoms with Crippen LogP contribution in [-0.4, -0.2) is 43.8 Å². The largest absolute Gasteiger partial charge is 0.383 e. The quantitative estimate of drug-likeness (QED) is 0.725. The molecule has 1 saturated carbocycles. The molecule has 1 aliphatic carbocycles. The predicted molar refractivity (Wildman–Crippen MR) is 77.8 cm³/mol. The van der Waals surface area contributed by atoms with Crippen LogP contribution in [0.4, 0.5) is 0 Å². The smallest absolute Gasteiger partial charge is 0.0589 e. The number of methoxy groups -OCH3 is 1. The highest BCUT2D eigenvalue weighted by Gasteiger charge is 2.31. The Morgan fingerprint density at radius 1 is 1.22 bits per heavy atom. The van der Waals surface area contributed by atoms with Crippen molar-refractivity contribution < 1.29 is 4.74 Å². The zero-order chi connectivity index (χ0) is 13.4. The lowest BCUT2D eigenvalue weighted by Gasteiger charge is -2.43. The zero-order valence-electron chi connectivity index (χ0n) is 12.5. The van der Waals surface area contributed by atoms with Crippen LogP contribution in [0.2, 0.25) is 0 Å². The minimum Gasteiger partial charge on any atom is -0.383 e. The van der Waals surface area contributed by atoms with Crippen LogP contribution in [0.15, 0.2) is 0 Å². The van der Waals surface area contributed by atoms with Crippen molar-refractivity contribution in [2.45, 2.75) is 64.5 Å². The van der Waals surface area contributed by atoms with Gasteiger partial charge in [0.05, 0.1) is 6.61 Å². The standard InChI is InChI=1S/C15H32N2O/c1-4-14(5-2)17(10-11-18-3)15-9-7-6-8-13(15)12-16/h13-15H,4-12,16H2,1-3H3. The molecule has 1 rings (SSSR count). The molecular formula is C15H32N2O. The molecule has 0 heterocycles. The van der Waals surface area contributed by atoms with Crippen LogP contribution in [0, 0.1) is 5.92 Å². The van der Waals surface area contributed by atoms with E-state index in [-0.39, 0.29) is 0 Å². The van der Waals surface area contributed by atoms with Gasteiger partial charge >= 0.3 is 0 Å². The number of nitrogens with zero attached hydrogens (tertiary/aromatic N) is 1. The Morgan fingerprint density at radius 2 is 1.89 bits per heavy atom. The summed E-state index contributed by atoms with van der Waals surface area (Å²) in [7, 11) is 1.80. The van der Waals surface area contributed by atoms with Crippen LogP contribution in [-0.2, 0) is 4.74 Å². The van der Waals surface area contributed by atoms with Crippen LogP contribution in [0.1, 0.15) is 52.4 Å². The molecule has 18 heavy (non-hydrogen) atoms. The van der Waals surface area contributed by atoms with Crippen molar-refractivity contribution in [3.63, 3.8) is 0 Å². The van der Waals surface area contributed by atoms with Gasteiger partial charge in [-0.1, -0.05) is 26.7 Å². The highest BCUT2D eigenvalue weighted by atomic mass is 16.5. The van der Waals surface area contributed by atoms with Gasteiger partial charge in [0.2, 0.25) is 0 Å². The van der Waals surface area contributed by atoms with Gasteiger partial charge in [-0.2, -0.15) is 0 Å². The summed E-state index contributed by atoms with van der Waals surface area (Å²) >= 11 is 0. The van der Waals surface area contributed by atoms with E-state index in [0.29, 0.717) is 18.0 Å². The summed E-state index contributed by atoms with van der Waals surface area (Å²) in [5.41, 5.74) is 5.99. The number of rotatable bonds is 8.